The predicted octanol–water partition coefficient (Wildman–Crippen LogP) is 1.29. The molecule has 0 spiro atoms. The topological polar surface area (TPSA) is 70.7 Å². The van der Waals surface area contributed by atoms with Crippen LogP contribution in [-0.2, 0) is 7.05 Å². The third-order valence-electron chi connectivity index (χ3n) is 3.50. The molecule has 1 N–H and O–H groups in total. The summed E-state index contributed by atoms with van der Waals surface area (Å²) < 4.78 is 1.66. The van der Waals surface area contributed by atoms with E-state index in [1.165, 1.54) is 0 Å². The Balaban J connectivity index is 2.17. The summed E-state index contributed by atoms with van der Waals surface area (Å²) in [6.45, 7) is 1.84. The molecular formula is C12H16N4O. The molecule has 5 nitrogen and oxygen atoms in total. The molecule has 0 radical (unpaired) electrons. The van der Waals surface area contributed by atoms with Gasteiger partial charge in [-0.05, 0) is 32.6 Å². The molecule has 17 heavy (non-hydrogen) atoms. The maximum absolute atomic E-state index is 12.1. The van der Waals surface area contributed by atoms with Gasteiger partial charge in [-0.25, -0.2) is 0 Å². The monoisotopic (exact) mass is 232 g/mol. The Morgan fingerprint density at radius 3 is 2.71 bits per heavy atom. The first-order valence-electron chi connectivity index (χ1n) is 5.80. The molecule has 1 heterocycles. The molecule has 1 saturated carbocycles. The number of amides is 1. The van der Waals surface area contributed by atoms with Gasteiger partial charge < -0.3 is 5.32 Å². The molecule has 2 rings (SSSR count). The molecular weight excluding hydrogens is 216 g/mol. The molecule has 0 unspecified atom stereocenters. The molecule has 1 fully saturated rings. The third kappa shape index (κ3) is 2.03. The van der Waals surface area contributed by atoms with Gasteiger partial charge in [0.2, 0.25) is 0 Å². The van der Waals surface area contributed by atoms with E-state index in [0.29, 0.717) is 5.56 Å². The van der Waals surface area contributed by atoms with E-state index in [1.54, 1.807) is 17.9 Å². The summed E-state index contributed by atoms with van der Waals surface area (Å²) >= 11 is 0. The van der Waals surface area contributed by atoms with Crippen LogP contribution in [0.2, 0.25) is 0 Å². The first-order chi connectivity index (χ1) is 8.08. The van der Waals surface area contributed by atoms with Crippen molar-refractivity contribution in [1.29, 1.82) is 5.26 Å². The van der Waals surface area contributed by atoms with Crippen LogP contribution in [-0.4, -0.2) is 21.2 Å². The molecule has 0 aliphatic heterocycles. The van der Waals surface area contributed by atoms with Gasteiger partial charge >= 0.3 is 0 Å². The molecule has 0 atom stereocenters. The van der Waals surface area contributed by atoms with E-state index in [-0.39, 0.29) is 5.91 Å². The molecule has 90 valence electrons. The van der Waals surface area contributed by atoms with E-state index >= 15 is 0 Å². The number of hydrogen-bond donors (Lipinski definition) is 1. The van der Waals surface area contributed by atoms with E-state index in [2.05, 4.69) is 16.5 Å². The Bertz CT molecular complexity index is 477. The number of aryl methyl sites for hydroxylation is 1. The number of aromatic nitrogens is 2. The minimum absolute atomic E-state index is 0.195. The lowest BCUT2D eigenvalue weighted by atomic mass is 9.99. The predicted molar refractivity (Wildman–Crippen MR) is 62.2 cm³/mol. The lowest BCUT2D eigenvalue weighted by molar-refractivity contribution is 0.0920. The number of hydrogen-bond acceptors (Lipinski definition) is 3. The van der Waals surface area contributed by atoms with Crippen molar-refractivity contribution in [2.24, 2.45) is 7.05 Å². The lowest BCUT2D eigenvalue weighted by Gasteiger charge is -2.21. The van der Waals surface area contributed by atoms with Gasteiger partial charge in [0.25, 0.3) is 5.91 Å². The lowest BCUT2D eigenvalue weighted by Crippen LogP contribution is -2.45. The minimum atomic E-state index is -0.667. The average Bonchev–Trinajstić information content (AvgIpc) is 2.89. The smallest absolute Gasteiger partial charge is 0.255 e. The molecule has 1 aliphatic rings. The van der Waals surface area contributed by atoms with Crippen molar-refractivity contribution in [2.75, 3.05) is 0 Å². The number of nitrogens with one attached hydrogen (secondary N) is 1. The van der Waals surface area contributed by atoms with E-state index in [4.69, 9.17) is 0 Å². The molecule has 1 aliphatic carbocycles. The Morgan fingerprint density at radius 1 is 1.59 bits per heavy atom. The summed E-state index contributed by atoms with van der Waals surface area (Å²) in [5, 5.41) is 16.1. The van der Waals surface area contributed by atoms with Gasteiger partial charge in [0.15, 0.2) is 0 Å². The van der Waals surface area contributed by atoms with Crippen LogP contribution in [0.3, 0.4) is 0 Å². The normalized spacial score (nSPS) is 17.7. The zero-order chi connectivity index (χ0) is 12.5. The van der Waals surface area contributed by atoms with Crippen molar-refractivity contribution in [2.45, 2.75) is 38.1 Å². The van der Waals surface area contributed by atoms with Gasteiger partial charge in [0.1, 0.15) is 5.54 Å². The van der Waals surface area contributed by atoms with E-state index in [1.807, 2.05) is 6.92 Å². The molecule has 0 saturated heterocycles. The van der Waals surface area contributed by atoms with Crippen molar-refractivity contribution in [3.05, 3.63) is 17.5 Å². The number of carbonyl (C=O) groups is 1. The number of rotatable bonds is 2. The Kier molecular flexibility index (Phi) is 2.88. The van der Waals surface area contributed by atoms with Crippen LogP contribution in [0.5, 0.6) is 0 Å². The number of nitrogens with zero attached hydrogens (tertiary/aromatic N) is 3. The summed E-state index contributed by atoms with van der Waals surface area (Å²) in [5.41, 5.74) is 0.696. The first kappa shape index (κ1) is 11.6. The molecule has 1 aromatic rings. The van der Waals surface area contributed by atoms with Crippen LogP contribution >= 0.6 is 0 Å². The van der Waals surface area contributed by atoms with Gasteiger partial charge in [0, 0.05) is 12.7 Å². The van der Waals surface area contributed by atoms with Gasteiger partial charge in [0.05, 0.1) is 17.8 Å². The number of carbonyl (C=O) groups excluding carboxylic acids is 1. The Labute approximate surface area is 100 Å². The van der Waals surface area contributed by atoms with E-state index in [0.717, 1.165) is 31.4 Å². The maximum Gasteiger partial charge on any atom is 0.255 e. The second-order valence-corrected chi connectivity index (χ2v) is 4.62. The van der Waals surface area contributed by atoms with Crippen LogP contribution in [0.15, 0.2) is 6.20 Å². The van der Waals surface area contributed by atoms with E-state index < -0.39 is 5.54 Å². The quantitative estimate of drug-likeness (QED) is 0.835. The highest BCUT2D eigenvalue weighted by atomic mass is 16.1. The third-order valence-corrected chi connectivity index (χ3v) is 3.50. The van der Waals surface area contributed by atoms with Crippen LogP contribution in [0.1, 0.15) is 41.7 Å². The molecule has 5 heteroatoms. The molecule has 0 aromatic carbocycles. The van der Waals surface area contributed by atoms with Gasteiger partial charge in [-0.1, -0.05) is 0 Å². The number of nitriles is 1. The van der Waals surface area contributed by atoms with Crippen molar-refractivity contribution >= 4 is 5.91 Å². The SMILES string of the molecule is Cc1c(C(=O)NC2(C#N)CCCC2)cnn1C. The van der Waals surface area contributed by atoms with Crippen molar-refractivity contribution < 1.29 is 4.79 Å². The fourth-order valence-corrected chi connectivity index (χ4v) is 2.25. The zero-order valence-corrected chi connectivity index (χ0v) is 10.2. The van der Waals surface area contributed by atoms with E-state index in [9.17, 15) is 10.1 Å². The standard InChI is InChI=1S/C12H16N4O/c1-9-10(7-14-16(9)2)11(17)15-12(8-13)5-3-4-6-12/h7H,3-6H2,1-2H3,(H,15,17). The van der Waals surface area contributed by atoms with Gasteiger partial charge in [-0.2, -0.15) is 10.4 Å². The fourth-order valence-electron chi connectivity index (χ4n) is 2.25. The summed E-state index contributed by atoms with van der Waals surface area (Å²) in [6.07, 6.45) is 5.04. The largest absolute Gasteiger partial charge is 0.334 e. The zero-order valence-electron chi connectivity index (χ0n) is 10.2. The van der Waals surface area contributed by atoms with Crippen LogP contribution in [0, 0.1) is 18.3 Å². The van der Waals surface area contributed by atoms with Crippen molar-refractivity contribution in [3.8, 4) is 6.07 Å². The average molecular weight is 232 g/mol. The highest BCUT2D eigenvalue weighted by Crippen LogP contribution is 2.29. The highest BCUT2D eigenvalue weighted by molar-refractivity contribution is 5.95. The second-order valence-electron chi connectivity index (χ2n) is 4.62. The molecule has 0 bridgehead atoms. The molecule has 1 aromatic heterocycles. The van der Waals surface area contributed by atoms with Crippen LogP contribution in [0.4, 0.5) is 0 Å². The summed E-state index contributed by atoms with van der Waals surface area (Å²) in [5.74, 6) is -0.195. The van der Waals surface area contributed by atoms with Crippen LogP contribution in [0.25, 0.3) is 0 Å². The second kappa shape index (κ2) is 4.21. The van der Waals surface area contributed by atoms with Crippen LogP contribution < -0.4 is 5.32 Å². The van der Waals surface area contributed by atoms with Gasteiger partial charge in [-0.3, -0.25) is 9.48 Å². The summed E-state index contributed by atoms with van der Waals surface area (Å²) in [7, 11) is 1.79. The molecule has 1 amide bonds. The highest BCUT2D eigenvalue weighted by Gasteiger charge is 2.36. The van der Waals surface area contributed by atoms with Crippen molar-refractivity contribution in [1.82, 2.24) is 15.1 Å². The summed E-state index contributed by atoms with van der Waals surface area (Å²) in [4.78, 5) is 12.1. The van der Waals surface area contributed by atoms with Gasteiger partial charge in [-0.15, -0.1) is 0 Å². The maximum atomic E-state index is 12.1. The fraction of sp³-hybridized carbons (Fsp3) is 0.583. The Morgan fingerprint density at radius 2 is 2.24 bits per heavy atom. The minimum Gasteiger partial charge on any atom is -0.334 e. The van der Waals surface area contributed by atoms with Crippen molar-refractivity contribution in [3.63, 3.8) is 0 Å². The summed E-state index contributed by atoms with van der Waals surface area (Å²) in [6, 6.07) is 2.25. The first-order valence-corrected chi connectivity index (χ1v) is 5.80. The Hall–Kier alpha value is -1.83.